The number of anilines is 1. The second kappa shape index (κ2) is 7.66. The molecule has 0 amide bonds. The summed E-state index contributed by atoms with van der Waals surface area (Å²) < 4.78 is 0. The van der Waals surface area contributed by atoms with Gasteiger partial charge in [-0.3, -0.25) is 14.9 Å². The summed E-state index contributed by atoms with van der Waals surface area (Å²) in [6.45, 7) is 0. The van der Waals surface area contributed by atoms with E-state index < -0.39 is 4.92 Å². The predicted octanol–water partition coefficient (Wildman–Crippen LogP) is 5.16. The molecule has 1 aliphatic carbocycles. The molecule has 2 atom stereocenters. The van der Waals surface area contributed by atoms with Crippen molar-refractivity contribution in [2.45, 2.75) is 31.7 Å². The van der Waals surface area contributed by atoms with Gasteiger partial charge in [0, 0.05) is 35.2 Å². The molecule has 1 aliphatic rings. The number of Topliss-reactive ketones (excluding diaryl/α,β-unsaturated/α-hetero) is 1. The molecule has 0 saturated heterocycles. The van der Waals surface area contributed by atoms with E-state index >= 15 is 0 Å². The third kappa shape index (κ3) is 4.17. The van der Waals surface area contributed by atoms with E-state index in [0.717, 1.165) is 30.5 Å². The van der Waals surface area contributed by atoms with Gasteiger partial charge in [0.1, 0.15) is 5.78 Å². The fourth-order valence-corrected chi connectivity index (χ4v) is 3.43. The first-order valence-corrected chi connectivity index (χ1v) is 8.71. The summed E-state index contributed by atoms with van der Waals surface area (Å²) in [7, 11) is 0. The van der Waals surface area contributed by atoms with Crippen LogP contribution in [0, 0.1) is 16.0 Å². The summed E-state index contributed by atoms with van der Waals surface area (Å²) in [6, 6.07) is 13.5. The smallest absolute Gasteiger partial charge is 0.269 e. The summed E-state index contributed by atoms with van der Waals surface area (Å²) in [5.41, 5.74) is 1.79. The van der Waals surface area contributed by atoms with Gasteiger partial charge < -0.3 is 5.32 Å². The molecule has 3 rings (SSSR count). The summed E-state index contributed by atoms with van der Waals surface area (Å²) >= 11 is 5.94. The number of benzene rings is 2. The van der Waals surface area contributed by atoms with E-state index in [9.17, 15) is 14.9 Å². The van der Waals surface area contributed by atoms with Gasteiger partial charge >= 0.3 is 0 Å². The van der Waals surface area contributed by atoms with Crippen molar-refractivity contribution in [1.29, 1.82) is 0 Å². The molecular formula is C19H19ClN2O3. The zero-order valence-corrected chi connectivity index (χ0v) is 14.4. The Morgan fingerprint density at radius 1 is 1.08 bits per heavy atom. The Morgan fingerprint density at radius 2 is 1.76 bits per heavy atom. The van der Waals surface area contributed by atoms with Crippen LogP contribution in [-0.4, -0.2) is 10.7 Å². The molecule has 1 fully saturated rings. The molecule has 0 aliphatic heterocycles. The number of carbonyl (C=O) groups is 1. The molecule has 0 radical (unpaired) electrons. The Balaban J connectivity index is 1.91. The SMILES string of the molecule is O=C1CCCC[C@H]1[C@H](Nc1ccc(Cl)cc1)c1ccc([N+](=O)[O-])cc1. The van der Waals surface area contributed by atoms with Gasteiger partial charge in [-0.05, 0) is 42.7 Å². The number of halogens is 1. The van der Waals surface area contributed by atoms with Gasteiger partial charge in [-0.2, -0.15) is 0 Å². The number of nitrogens with zero attached hydrogens (tertiary/aromatic N) is 1. The van der Waals surface area contributed by atoms with Gasteiger partial charge in [0.2, 0.25) is 0 Å². The fourth-order valence-electron chi connectivity index (χ4n) is 3.31. The number of hydrogen-bond acceptors (Lipinski definition) is 4. The molecule has 0 aromatic heterocycles. The number of nitrogens with one attached hydrogen (secondary N) is 1. The maximum atomic E-state index is 12.5. The van der Waals surface area contributed by atoms with Gasteiger partial charge in [0.25, 0.3) is 5.69 Å². The van der Waals surface area contributed by atoms with Crippen LogP contribution in [0.2, 0.25) is 5.02 Å². The molecular weight excluding hydrogens is 340 g/mol. The normalized spacial score (nSPS) is 18.6. The molecule has 1 N–H and O–H groups in total. The van der Waals surface area contributed by atoms with Crippen molar-refractivity contribution in [1.82, 2.24) is 0 Å². The summed E-state index contributed by atoms with van der Waals surface area (Å²) in [5, 5.41) is 14.9. The number of nitro benzene ring substituents is 1. The van der Waals surface area contributed by atoms with Crippen LogP contribution in [-0.2, 0) is 4.79 Å². The lowest BCUT2D eigenvalue weighted by molar-refractivity contribution is -0.384. The van der Waals surface area contributed by atoms with Crippen LogP contribution in [0.25, 0.3) is 0 Å². The number of ketones is 1. The van der Waals surface area contributed by atoms with Crippen LogP contribution in [0.3, 0.4) is 0 Å². The molecule has 0 unspecified atom stereocenters. The molecule has 130 valence electrons. The summed E-state index contributed by atoms with van der Waals surface area (Å²) in [5.74, 6) is 0.113. The third-order valence-electron chi connectivity index (χ3n) is 4.63. The highest BCUT2D eigenvalue weighted by atomic mass is 35.5. The zero-order valence-electron chi connectivity index (χ0n) is 13.7. The van der Waals surface area contributed by atoms with Crippen molar-refractivity contribution < 1.29 is 9.72 Å². The lowest BCUT2D eigenvalue weighted by Crippen LogP contribution is -2.30. The van der Waals surface area contributed by atoms with Crippen molar-refractivity contribution in [2.75, 3.05) is 5.32 Å². The first kappa shape index (κ1) is 17.4. The zero-order chi connectivity index (χ0) is 17.8. The van der Waals surface area contributed by atoms with Gasteiger partial charge in [-0.1, -0.05) is 30.2 Å². The van der Waals surface area contributed by atoms with Crippen molar-refractivity contribution >= 4 is 28.8 Å². The minimum absolute atomic E-state index is 0.0453. The number of hydrogen-bond donors (Lipinski definition) is 1. The molecule has 25 heavy (non-hydrogen) atoms. The standard InChI is InChI=1S/C19H19ClN2O3/c20-14-7-9-15(10-8-14)21-19(17-3-1-2-4-18(17)23)13-5-11-16(12-6-13)22(24)25/h5-12,17,19,21H,1-4H2/t17-,19-/m1/s1. The van der Waals surface area contributed by atoms with Crippen molar-refractivity contribution in [2.24, 2.45) is 5.92 Å². The molecule has 0 spiro atoms. The second-order valence-corrected chi connectivity index (χ2v) is 6.73. The van der Waals surface area contributed by atoms with Gasteiger partial charge in [0.05, 0.1) is 11.0 Å². The lowest BCUT2D eigenvalue weighted by Gasteiger charge is -2.31. The van der Waals surface area contributed by atoms with E-state index in [1.54, 1.807) is 24.3 Å². The monoisotopic (exact) mass is 358 g/mol. The highest BCUT2D eigenvalue weighted by Crippen LogP contribution is 2.35. The Bertz CT molecular complexity index is 759. The van der Waals surface area contributed by atoms with Crippen molar-refractivity contribution in [3.8, 4) is 0 Å². The molecule has 1 saturated carbocycles. The molecule has 5 nitrogen and oxygen atoms in total. The fraction of sp³-hybridized carbons (Fsp3) is 0.316. The van der Waals surface area contributed by atoms with Crippen molar-refractivity contribution in [3.63, 3.8) is 0 Å². The molecule has 2 aromatic carbocycles. The molecule has 0 bridgehead atoms. The van der Waals surface area contributed by atoms with Crippen LogP contribution >= 0.6 is 11.6 Å². The van der Waals surface area contributed by atoms with Crippen LogP contribution in [0.15, 0.2) is 48.5 Å². The van der Waals surface area contributed by atoms with Crippen LogP contribution < -0.4 is 5.32 Å². The van der Waals surface area contributed by atoms with Crippen LogP contribution in [0.1, 0.15) is 37.3 Å². The highest BCUT2D eigenvalue weighted by molar-refractivity contribution is 6.30. The van der Waals surface area contributed by atoms with Gasteiger partial charge in [-0.15, -0.1) is 0 Å². The van der Waals surface area contributed by atoms with Gasteiger partial charge in [0.15, 0.2) is 0 Å². The Hall–Kier alpha value is -2.40. The number of nitro groups is 1. The first-order chi connectivity index (χ1) is 12.0. The van der Waals surface area contributed by atoms with Crippen molar-refractivity contribution in [3.05, 3.63) is 69.2 Å². The average molecular weight is 359 g/mol. The number of non-ortho nitro benzene ring substituents is 1. The molecule has 6 heteroatoms. The second-order valence-electron chi connectivity index (χ2n) is 6.30. The van der Waals surface area contributed by atoms with E-state index in [1.807, 2.05) is 12.1 Å². The minimum Gasteiger partial charge on any atom is -0.378 e. The molecule has 2 aromatic rings. The van der Waals surface area contributed by atoms with E-state index in [2.05, 4.69) is 5.32 Å². The lowest BCUT2D eigenvalue weighted by atomic mass is 9.80. The maximum Gasteiger partial charge on any atom is 0.269 e. The predicted molar refractivity (Wildman–Crippen MR) is 97.9 cm³/mol. The topological polar surface area (TPSA) is 72.2 Å². The molecule has 0 heterocycles. The van der Waals surface area contributed by atoms with Crippen LogP contribution in [0.5, 0.6) is 0 Å². The number of carbonyl (C=O) groups excluding carboxylic acids is 1. The van der Waals surface area contributed by atoms with Gasteiger partial charge in [-0.25, -0.2) is 0 Å². The van der Waals surface area contributed by atoms with E-state index in [1.165, 1.54) is 12.1 Å². The quantitative estimate of drug-likeness (QED) is 0.591. The van der Waals surface area contributed by atoms with Crippen LogP contribution in [0.4, 0.5) is 11.4 Å². The van der Waals surface area contributed by atoms with E-state index in [4.69, 9.17) is 11.6 Å². The third-order valence-corrected chi connectivity index (χ3v) is 4.89. The van der Waals surface area contributed by atoms with E-state index in [0.29, 0.717) is 11.4 Å². The Labute approximate surface area is 151 Å². The highest BCUT2D eigenvalue weighted by Gasteiger charge is 2.31. The summed E-state index contributed by atoms with van der Waals surface area (Å²) in [4.78, 5) is 22.9. The Morgan fingerprint density at radius 3 is 2.36 bits per heavy atom. The number of rotatable bonds is 5. The van der Waals surface area contributed by atoms with E-state index in [-0.39, 0.29) is 23.4 Å². The first-order valence-electron chi connectivity index (χ1n) is 8.34. The summed E-state index contributed by atoms with van der Waals surface area (Å²) in [6.07, 6.45) is 3.36. The average Bonchev–Trinajstić information content (AvgIpc) is 2.62. The largest absolute Gasteiger partial charge is 0.378 e. The Kier molecular flexibility index (Phi) is 5.34. The maximum absolute atomic E-state index is 12.5. The minimum atomic E-state index is -0.419.